The molecule has 2 aromatic heterocycles. The van der Waals surface area contributed by atoms with Gasteiger partial charge in [0.1, 0.15) is 11.4 Å². The number of aromatic nitrogens is 2. The molecule has 6 nitrogen and oxygen atoms in total. The van der Waals surface area contributed by atoms with Crippen molar-refractivity contribution in [1.82, 2.24) is 9.97 Å². The second kappa shape index (κ2) is 3.92. The van der Waals surface area contributed by atoms with Crippen molar-refractivity contribution < 1.29 is 10.4 Å². The lowest BCUT2D eigenvalue weighted by atomic mass is 9.89. The zero-order chi connectivity index (χ0) is 12.5. The summed E-state index contributed by atoms with van der Waals surface area (Å²) in [6.07, 6.45) is 3.26. The van der Waals surface area contributed by atoms with Crippen LogP contribution in [0.25, 0.3) is 11.4 Å². The predicted molar refractivity (Wildman–Crippen MR) is 64.1 cm³/mol. The van der Waals surface area contributed by atoms with Crippen LogP contribution >= 0.6 is 0 Å². The van der Waals surface area contributed by atoms with Gasteiger partial charge in [-0.25, -0.2) is 0 Å². The Morgan fingerprint density at radius 1 is 0.778 bits per heavy atom. The molecule has 0 saturated heterocycles. The Hall–Kier alpha value is -2.76. The molecule has 0 saturated carbocycles. The number of pyridine rings is 2. The molecule has 1 aliphatic carbocycles. The fourth-order valence-electron chi connectivity index (χ4n) is 2.03. The van der Waals surface area contributed by atoms with Gasteiger partial charge in [0, 0.05) is 23.5 Å². The highest BCUT2D eigenvalue weighted by Crippen LogP contribution is 2.30. The summed E-state index contributed by atoms with van der Waals surface area (Å²) in [5, 5.41) is 24.6. The van der Waals surface area contributed by atoms with E-state index < -0.39 is 0 Å². The minimum atomic E-state index is 0.182. The maximum atomic E-state index is 9.11. The van der Waals surface area contributed by atoms with E-state index in [0.717, 1.165) is 0 Å². The van der Waals surface area contributed by atoms with E-state index in [-0.39, 0.29) is 11.4 Å². The Balaban J connectivity index is 2.42. The fraction of sp³-hybridized carbons (Fsp3) is 0. The molecule has 6 heteroatoms. The average molecular weight is 240 g/mol. The summed E-state index contributed by atoms with van der Waals surface area (Å²) in [4.78, 5) is 8.47. The van der Waals surface area contributed by atoms with Crippen molar-refractivity contribution in [1.29, 1.82) is 0 Å². The van der Waals surface area contributed by atoms with E-state index in [9.17, 15) is 0 Å². The summed E-state index contributed by atoms with van der Waals surface area (Å²) >= 11 is 0. The van der Waals surface area contributed by atoms with E-state index in [1.807, 2.05) is 0 Å². The molecule has 0 spiro atoms. The molecular formula is C12H8N4O2. The van der Waals surface area contributed by atoms with Gasteiger partial charge in [-0.3, -0.25) is 9.97 Å². The van der Waals surface area contributed by atoms with Crippen LogP contribution in [0.15, 0.2) is 47.0 Å². The van der Waals surface area contributed by atoms with Gasteiger partial charge in [-0.2, -0.15) is 0 Å². The maximum absolute atomic E-state index is 9.11. The minimum absolute atomic E-state index is 0.182. The van der Waals surface area contributed by atoms with Crippen LogP contribution in [-0.2, 0) is 0 Å². The Labute approximate surface area is 102 Å². The largest absolute Gasteiger partial charge is 0.410 e. The molecule has 2 aromatic rings. The van der Waals surface area contributed by atoms with E-state index in [1.54, 1.807) is 36.7 Å². The normalized spacial score (nSPS) is 17.6. The highest BCUT2D eigenvalue weighted by molar-refractivity contribution is 6.56. The topological polar surface area (TPSA) is 91.0 Å². The molecule has 3 rings (SSSR count). The van der Waals surface area contributed by atoms with Crippen molar-refractivity contribution >= 4 is 11.4 Å². The molecule has 0 unspecified atom stereocenters. The van der Waals surface area contributed by atoms with Crippen LogP contribution in [0, 0.1) is 0 Å². The molecule has 0 bridgehead atoms. The molecule has 0 aliphatic heterocycles. The lowest BCUT2D eigenvalue weighted by molar-refractivity contribution is 0.314. The molecule has 2 heterocycles. The van der Waals surface area contributed by atoms with Crippen LogP contribution < -0.4 is 0 Å². The summed E-state index contributed by atoms with van der Waals surface area (Å²) in [5.74, 6) is 0. The Kier molecular flexibility index (Phi) is 2.26. The number of oxime groups is 2. The van der Waals surface area contributed by atoms with Gasteiger partial charge in [0.2, 0.25) is 0 Å². The number of rotatable bonds is 0. The standard InChI is InChI=1S/C12H8N4O2/c17-15-11-7-3-1-5-13-9(7)10-8(12(11)16-18)4-2-6-14-10/h1-6,17-18H. The molecule has 0 amide bonds. The van der Waals surface area contributed by atoms with Crippen LogP contribution in [0.1, 0.15) is 11.1 Å². The lowest BCUT2D eigenvalue weighted by Crippen LogP contribution is -2.24. The third-order valence-corrected chi connectivity index (χ3v) is 2.77. The van der Waals surface area contributed by atoms with Crippen molar-refractivity contribution in [3.8, 4) is 11.4 Å². The molecule has 1 aliphatic rings. The van der Waals surface area contributed by atoms with Crippen molar-refractivity contribution in [2.24, 2.45) is 10.3 Å². The first-order valence-corrected chi connectivity index (χ1v) is 5.22. The van der Waals surface area contributed by atoms with Gasteiger partial charge in [0.15, 0.2) is 0 Å². The number of hydrogen-bond donors (Lipinski definition) is 2. The van der Waals surface area contributed by atoms with Crippen LogP contribution in [-0.4, -0.2) is 31.8 Å². The fourth-order valence-corrected chi connectivity index (χ4v) is 2.03. The van der Waals surface area contributed by atoms with E-state index in [1.165, 1.54) is 0 Å². The van der Waals surface area contributed by atoms with Gasteiger partial charge in [-0.05, 0) is 24.3 Å². The van der Waals surface area contributed by atoms with Gasteiger partial charge in [-0.15, -0.1) is 0 Å². The van der Waals surface area contributed by atoms with Crippen molar-refractivity contribution in [3.63, 3.8) is 0 Å². The molecule has 0 aromatic carbocycles. The van der Waals surface area contributed by atoms with Gasteiger partial charge in [-0.1, -0.05) is 10.3 Å². The Bertz CT molecular complexity index is 620. The van der Waals surface area contributed by atoms with Gasteiger partial charge in [0.05, 0.1) is 11.4 Å². The van der Waals surface area contributed by atoms with Gasteiger partial charge in [0.25, 0.3) is 0 Å². The maximum Gasteiger partial charge on any atom is 0.141 e. The Morgan fingerprint density at radius 3 is 1.61 bits per heavy atom. The summed E-state index contributed by atoms with van der Waals surface area (Å²) in [5.41, 5.74) is 2.74. The van der Waals surface area contributed by atoms with Crippen molar-refractivity contribution in [3.05, 3.63) is 47.8 Å². The molecule has 0 atom stereocenters. The zero-order valence-corrected chi connectivity index (χ0v) is 9.15. The SMILES string of the molecule is ON=C1C(=NO)c2cccnc2-c2ncccc21. The quantitative estimate of drug-likeness (QED) is 0.539. The van der Waals surface area contributed by atoms with Crippen LogP contribution in [0.4, 0.5) is 0 Å². The first-order chi connectivity index (χ1) is 8.86. The highest BCUT2D eigenvalue weighted by Gasteiger charge is 2.29. The highest BCUT2D eigenvalue weighted by atomic mass is 16.4. The molecule has 18 heavy (non-hydrogen) atoms. The van der Waals surface area contributed by atoms with Gasteiger partial charge < -0.3 is 10.4 Å². The predicted octanol–water partition coefficient (Wildman–Crippen LogP) is 1.51. The van der Waals surface area contributed by atoms with Crippen LogP contribution in [0.5, 0.6) is 0 Å². The summed E-state index contributed by atoms with van der Waals surface area (Å²) in [6.45, 7) is 0. The summed E-state index contributed by atoms with van der Waals surface area (Å²) in [6, 6.07) is 6.90. The van der Waals surface area contributed by atoms with E-state index in [2.05, 4.69) is 20.3 Å². The minimum Gasteiger partial charge on any atom is -0.410 e. The van der Waals surface area contributed by atoms with E-state index in [0.29, 0.717) is 22.5 Å². The Morgan fingerprint density at radius 2 is 1.22 bits per heavy atom. The van der Waals surface area contributed by atoms with E-state index in [4.69, 9.17) is 10.4 Å². The summed E-state index contributed by atoms with van der Waals surface area (Å²) < 4.78 is 0. The molecule has 88 valence electrons. The first-order valence-electron chi connectivity index (χ1n) is 5.22. The molecule has 0 radical (unpaired) electrons. The van der Waals surface area contributed by atoms with E-state index >= 15 is 0 Å². The molecule has 2 N–H and O–H groups in total. The average Bonchev–Trinajstić information content (AvgIpc) is 2.45. The lowest BCUT2D eigenvalue weighted by Gasteiger charge is -2.18. The third kappa shape index (κ3) is 1.29. The number of hydrogen-bond acceptors (Lipinski definition) is 6. The monoisotopic (exact) mass is 240 g/mol. The number of fused-ring (bicyclic) bond motifs is 3. The van der Waals surface area contributed by atoms with Crippen molar-refractivity contribution in [2.75, 3.05) is 0 Å². The smallest absolute Gasteiger partial charge is 0.141 e. The molecule has 0 fully saturated rings. The van der Waals surface area contributed by atoms with Gasteiger partial charge >= 0.3 is 0 Å². The molecular weight excluding hydrogens is 232 g/mol. The van der Waals surface area contributed by atoms with Crippen LogP contribution in [0.3, 0.4) is 0 Å². The third-order valence-electron chi connectivity index (χ3n) is 2.77. The second-order valence-corrected chi connectivity index (χ2v) is 3.70. The number of nitrogens with zero attached hydrogens (tertiary/aromatic N) is 4. The van der Waals surface area contributed by atoms with Crippen LogP contribution in [0.2, 0.25) is 0 Å². The van der Waals surface area contributed by atoms with Crippen molar-refractivity contribution in [2.45, 2.75) is 0 Å². The first kappa shape index (κ1) is 10.4. The zero-order valence-electron chi connectivity index (χ0n) is 9.15. The summed E-state index contributed by atoms with van der Waals surface area (Å²) in [7, 11) is 0. The second-order valence-electron chi connectivity index (χ2n) is 3.70.